The largest absolute Gasteiger partial charge is 0.497 e. The molecule has 0 radical (unpaired) electrons. The lowest BCUT2D eigenvalue weighted by Crippen LogP contribution is -2.27. The first kappa shape index (κ1) is 24.7. The zero-order chi connectivity index (χ0) is 25.1. The van der Waals surface area contributed by atoms with Gasteiger partial charge in [0, 0.05) is 42.7 Å². The Bertz CT molecular complexity index is 1280. The van der Waals surface area contributed by atoms with Gasteiger partial charge in [-0.3, -0.25) is 9.57 Å². The van der Waals surface area contributed by atoms with E-state index in [9.17, 15) is 18.0 Å². The Kier molecular flexibility index (Phi) is 7.42. The lowest BCUT2D eigenvalue weighted by molar-refractivity contribution is 0.101. The molecule has 2 aromatic carbocycles. The molecule has 0 saturated heterocycles. The normalized spacial score (nSPS) is 17.1. The minimum atomic E-state index is -1.60. The SMILES string of the molecule is COc1ccc(CCCC2C=Cc3c(cn(C)c3C(=O)Nc3cc(F)c(F)c(F)c3)S(=N)N2)cc1. The van der Waals surface area contributed by atoms with Crippen LogP contribution in [-0.4, -0.2) is 23.6 Å². The molecule has 2 atom stereocenters. The average Bonchev–Trinajstić information content (AvgIpc) is 3.09. The van der Waals surface area contributed by atoms with Gasteiger partial charge in [-0.2, -0.15) is 0 Å². The summed E-state index contributed by atoms with van der Waals surface area (Å²) in [5.41, 5.74) is 1.81. The van der Waals surface area contributed by atoms with Crippen LogP contribution in [0.5, 0.6) is 5.75 Å². The van der Waals surface area contributed by atoms with Crippen LogP contribution in [-0.2, 0) is 24.3 Å². The maximum Gasteiger partial charge on any atom is 0.272 e. The molecule has 6 nitrogen and oxygen atoms in total. The molecule has 2 heterocycles. The molecule has 2 unspecified atom stereocenters. The Morgan fingerprint density at radius 3 is 2.54 bits per heavy atom. The van der Waals surface area contributed by atoms with Crippen molar-refractivity contribution in [3.8, 4) is 5.75 Å². The van der Waals surface area contributed by atoms with Gasteiger partial charge in [0.1, 0.15) is 11.4 Å². The molecule has 1 aromatic heterocycles. The molecule has 0 saturated carbocycles. The molecule has 4 rings (SSSR count). The van der Waals surface area contributed by atoms with Gasteiger partial charge in [-0.15, -0.1) is 0 Å². The fourth-order valence-corrected chi connectivity index (χ4v) is 5.26. The summed E-state index contributed by atoms with van der Waals surface area (Å²) in [5.74, 6) is -4.17. The highest BCUT2D eigenvalue weighted by Crippen LogP contribution is 2.27. The topological polar surface area (TPSA) is 79.1 Å². The Morgan fingerprint density at radius 1 is 1.20 bits per heavy atom. The third-order valence-corrected chi connectivity index (χ3v) is 7.07. The summed E-state index contributed by atoms with van der Waals surface area (Å²) in [5, 5.41) is 2.42. The zero-order valence-electron chi connectivity index (χ0n) is 19.2. The van der Waals surface area contributed by atoms with Gasteiger partial charge >= 0.3 is 0 Å². The number of aromatic nitrogens is 1. The van der Waals surface area contributed by atoms with Crippen molar-refractivity contribution in [1.82, 2.24) is 9.29 Å². The van der Waals surface area contributed by atoms with E-state index in [1.807, 2.05) is 36.4 Å². The smallest absolute Gasteiger partial charge is 0.272 e. The lowest BCUT2D eigenvalue weighted by atomic mass is 10.0. The summed E-state index contributed by atoms with van der Waals surface area (Å²) in [6, 6.07) is 9.32. The van der Waals surface area contributed by atoms with Crippen LogP contribution < -0.4 is 14.8 Å². The van der Waals surface area contributed by atoms with Crippen LogP contribution in [0, 0.1) is 22.2 Å². The van der Waals surface area contributed by atoms with Gasteiger partial charge in [0.25, 0.3) is 5.91 Å². The van der Waals surface area contributed by atoms with Crippen LogP contribution in [0.4, 0.5) is 18.9 Å². The number of hydrogen-bond acceptors (Lipinski definition) is 3. The molecular formula is C25H25F3N4O2S. The molecule has 3 aromatic rings. The van der Waals surface area contributed by atoms with Crippen LogP contribution in [0.15, 0.2) is 53.6 Å². The number of fused-ring (bicyclic) bond motifs is 1. The van der Waals surface area contributed by atoms with Crippen LogP contribution >= 0.6 is 0 Å². The Morgan fingerprint density at radius 2 is 1.89 bits per heavy atom. The highest BCUT2D eigenvalue weighted by Gasteiger charge is 2.24. The van der Waals surface area contributed by atoms with Crippen LogP contribution in [0.1, 0.15) is 34.5 Å². The Balaban J connectivity index is 1.47. The summed E-state index contributed by atoms with van der Waals surface area (Å²) >= 11 is 0. The van der Waals surface area contributed by atoms with Crippen LogP contribution in [0.3, 0.4) is 0 Å². The van der Waals surface area contributed by atoms with E-state index in [0.29, 0.717) is 10.5 Å². The minimum Gasteiger partial charge on any atom is -0.497 e. The van der Waals surface area contributed by atoms with Crippen molar-refractivity contribution in [3.05, 3.63) is 82.9 Å². The fraction of sp³-hybridized carbons (Fsp3) is 0.240. The van der Waals surface area contributed by atoms with E-state index in [2.05, 4.69) is 10.0 Å². The quantitative estimate of drug-likeness (QED) is 0.380. The molecule has 1 amide bonds. The molecule has 3 N–H and O–H groups in total. The molecule has 1 aliphatic heterocycles. The molecule has 1 aliphatic rings. The molecule has 35 heavy (non-hydrogen) atoms. The highest BCUT2D eigenvalue weighted by molar-refractivity contribution is 7.84. The third kappa shape index (κ3) is 5.49. The molecule has 0 spiro atoms. The van der Waals surface area contributed by atoms with Gasteiger partial charge in [0.2, 0.25) is 0 Å². The van der Waals surface area contributed by atoms with E-state index < -0.39 is 34.2 Å². The number of hydrogen-bond donors (Lipinski definition) is 3. The molecule has 184 valence electrons. The van der Waals surface area contributed by atoms with Crippen LogP contribution in [0.25, 0.3) is 6.08 Å². The van der Waals surface area contributed by atoms with Crippen molar-refractivity contribution in [2.24, 2.45) is 7.05 Å². The van der Waals surface area contributed by atoms with E-state index >= 15 is 0 Å². The number of halogens is 3. The lowest BCUT2D eigenvalue weighted by Gasteiger charge is -2.14. The number of benzene rings is 2. The van der Waals surface area contributed by atoms with Gasteiger partial charge in [0.15, 0.2) is 17.5 Å². The van der Waals surface area contributed by atoms with Gasteiger partial charge in [-0.25, -0.2) is 17.9 Å². The molecule has 10 heteroatoms. The molecule has 0 aliphatic carbocycles. The first-order valence-corrected chi connectivity index (χ1v) is 12.2. The number of nitrogens with zero attached hydrogens (tertiary/aromatic N) is 1. The maximum absolute atomic E-state index is 13.6. The standard InChI is InChI=1S/C25H25F3N4O2S/c1-32-14-22-19(24(32)25(33)30-17-12-20(26)23(28)21(27)13-17)11-8-16(31-35(22)29)5-3-4-15-6-9-18(34-2)10-7-15/h6-14,16H,3-5H2,1-2H3,(H2,29,31)(H,30,33). The second kappa shape index (κ2) is 10.5. The van der Waals surface area contributed by atoms with E-state index in [4.69, 9.17) is 9.52 Å². The number of anilines is 1. The summed E-state index contributed by atoms with van der Waals surface area (Å²) in [6.45, 7) is 0. The van der Waals surface area contributed by atoms with Gasteiger partial charge < -0.3 is 14.6 Å². The number of aryl methyl sites for hydroxylation is 2. The first-order chi connectivity index (χ1) is 16.8. The number of nitrogens with one attached hydrogen (secondary N) is 3. The fourth-order valence-electron chi connectivity index (χ4n) is 3.98. The first-order valence-electron chi connectivity index (χ1n) is 10.9. The number of carbonyl (C=O) groups excluding carboxylic acids is 1. The molecular weight excluding hydrogens is 477 g/mol. The summed E-state index contributed by atoms with van der Waals surface area (Å²) in [7, 11) is 2.21. The highest BCUT2D eigenvalue weighted by atomic mass is 32.2. The van der Waals surface area contributed by atoms with Crippen molar-refractivity contribution >= 4 is 28.5 Å². The molecule has 0 bridgehead atoms. The van der Waals surface area contributed by atoms with Gasteiger partial charge in [0.05, 0.1) is 12.0 Å². The second-order valence-electron chi connectivity index (χ2n) is 8.20. The maximum atomic E-state index is 13.6. The number of amides is 1. The van der Waals surface area contributed by atoms with E-state index in [0.717, 1.165) is 37.1 Å². The van der Waals surface area contributed by atoms with Crippen LogP contribution in [0.2, 0.25) is 0 Å². The predicted molar refractivity (Wildman–Crippen MR) is 130 cm³/mol. The van der Waals surface area contributed by atoms with E-state index in [1.165, 1.54) is 5.56 Å². The average molecular weight is 503 g/mol. The molecule has 0 fully saturated rings. The predicted octanol–water partition coefficient (Wildman–Crippen LogP) is 5.37. The van der Waals surface area contributed by atoms with Gasteiger partial charge in [-0.05, 0) is 47.8 Å². The van der Waals surface area contributed by atoms with Crippen molar-refractivity contribution in [2.75, 3.05) is 12.4 Å². The third-order valence-electron chi connectivity index (χ3n) is 5.76. The van der Waals surface area contributed by atoms with Crippen molar-refractivity contribution in [3.63, 3.8) is 0 Å². The van der Waals surface area contributed by atoms with Gasteiger partial charge in [-0.1, -0.05) is 24.3 Å². The zero-order valence-corrected chi connectivity index (χ0v) is 20.0. The van der Waals surface area contributed by atoms with Crippen molar-refractivity contribution in [1.29, 1.82) is 4.78 Å². The summed E-state index contributed by atoms with van der Waals surface area (Å²) < 4.78 is 59.0. The van der Waals surface area contributed by atoms with Crippen molar-refractivity contribution in [2.45, 2.75) is 30.2 Å². The summed E-state index contributed by atoms with van der Waals surface area (Å²) in [4.78, 5) is 13.6. The number of rotatable bonds is 7. The number of carbonyl (C=O) groups is 1. The minimum absolute atomic E-state index is 0.0528. The number of methoxy groups -OCH3 is 1. The Labute approximate surface area is 203 Å². The number of ether oxygens (including phenoxy) is 1. The summed E-state index contributed by atoms with van der Waals surface area (Å²) in [6.07, 6.45) is 8.03. The monoisotopic (exact) mass is 502 g/mol. The van der Waals surface area contributed by atoms with E-state index in [1.54, 1.807) is 24.9 Å². The van der Waals surface area contributed by atoms with E-state index in [-0.39, 0.29) is 17.4 Å². The Hall–Kier alpha value is -3.37. The second-order valence-corrected chi connectivity index (χ2v) is 9.49. The van der Waals surface area contributed by atoms with Crippen molar-refractivity contribution < 1.29 is 22.7 Å².